The number of rotatable bonds is 1. The SMILES string of the molecule is NC[C@H]1CCC[C@]2(C1)[C@@H]1CC[C@@H](C1)[C@@H]2N. The molecular weight excluding hydrogens is 184 g/mol. The zero-order valence-electron chi connectivity index (χ0n) is 9.62. The van der Waals surface area contributed by atoms with E-state index in [9.17, 15) is 0 Å². The molecule has 86 valence electrons. The lowest BCUT2D eigenvalue weighted by Gasteiger charge is -2.47. The van der Waals surface area contributed by atoms with Crippen LogP contribution in [-0.2, 0) is 0 Å². The van der Waals surface area contributed by atoms with Crippen LogP contribution in [0.15, 0.2) is 0 Å². The van der Waals surface area contributed by atoms with Crippen molar-refractivity contribution < 1.29 is 0 Å². The summed E-state index contributed by atoms with van der Waals surface area (Å²) in [6.45, 7) is 0.881. The summed E-state index contributed by atoms with van der Waals surface area (Å²) in [5, 5.41) is 0. The van der Waals surface area contributed by atoms with Crippen molar-refractivity contribution in [2.24, 2.45) is 34.6 Å². The van der Waals surface area contributed by atoms with E-state index in [1.54, 1.807) is 0 Å². The molecule has 0 aromatic carbocycles. The molecule has 3 aliphatic carbocycles. The molecule has 0 radical (unpaired) electrons. The van der Waals surface area contributed by atoms with Crippen molar-refractivity contribution in [2.45, 2.75) is 51.0 Å². The molecule has 0 saturated heterocycles. The topological polar surface area (TPSA) is 52.0 Å². The first-order valence-electron chi connectivity index (χ1n) is 6.72. The first-order chi connectivity index (χ1) is 7.26. The van der Waals surface area contributed by atoms with E-state index in [4.69, 9.17) is 11.5 Å². The summed E-state index contributed by atoms with van der Waals surface area (Å²) >= 11 is 0. The fraction of sp³-hybridized carbons (Fsp3) is 1.00. The first-order valence-corrected chi connectivity index (χ1v) is 6.72. The van der Waals surface area contributed by atoms with E-state index < -0.39 is 0 Å². The molecule has 2 nitrogen and oxygen atoms in total. The molecule has 0 unspecified atom stereocenters. The van der Waals surface area contributed by atoms with Crippen LogP contribution in [-0.4, -0.2) is 12.6 Å². The Morgan fingerprint density at radius 2 is 2.07 bits per heavy atom. The van der Waals surface area contributed by atoms with Crippen LogP contribution in [0.4, 0.5) is 0 Å². The highest BCUT2D eigenvalue weighted by molar-refractivity contribution is 5.10. The van der Waals surface area contributed by atoms with Crippen molar-refractivity contribution in [1.82, 2.24) is 0 Å². The van der Waals surface area contributed by atoms with Gasteiger partial charge in [0.25, 0.3) is 0 Å². The molecule has 2 bridgehead atoms. The molecule has 0 heterocycles. The van der Waals surface area contributed by atoms with Crippen molar-refractivity contribution in [1.29, 1.82) is 0 Å². The van der Waals surface area contributed by atoms with Gasteiger partial charge in [0.05, 0.1) is 0 Å². The lowest BCUT2D eigenvalue weighted by Crippen LogP contribution is -2.49. The maximum atomic E-state index is 6.51. The largest absolute Gasteiger partial charge is 0.330 e. The summed E-state index contributed by atoms with van der Waals surface area (Å²) in [5.41, 5.74) is 12.9. The fourth-order valence-corrected chi connectivity index (χ4v) is 4.94. The number of fused-ring (bicyclic) bond motifs is 3. The predicted octanol–water partition coefficient (Wildman–Crippen LogP) is 1.88. The van der Waals surface area contributed by atoms with Gasteiger partial charge in [-0.1, -0.05) is 6.42 Å². The number of nitrogens with two attached hydrogens (primary N) is 2. The molecule has 3 aliphatic rings. The van der Waals surface area contributed by atoms with Crippen LogP contribution in [0, 0.1) is 23.2 Å². The highest BCUT2D eigenvalue weighted by atomic mass is 14.8. The van der Waals surface area contributed by atoms with E-state index in [0.29, 0.717) is 11.5 Å². The highest BCUT2D eigenvalue weighted by Gasteiger charge is 2.57. The van der Waals surface area contributed by atoms with E-state index in [-0.39, 0.29) is 0 Å². The van der Waals surface area contributed by atoms with Gasteiger partial charge < -0.3 is 11.5 Å². The molecule has 0 aromatic rings. The molecule has 15 heavy (non-hydrogen) atoms. The normalized spacial score (nSPS) is 54.0. The van der Waals surface area contributed by atoms with Gasteiger partial charge in [0.15, 0.2) is 0 Å². The second kappa shape index (κ2) is 3.46. The zero-order valence-corrected chi connectivity index (χ0v) is 9.62. The smallest absolute Gasteiger partial charge is 0.0127 e. The second-order valence-corrected chi connectivity index (χ2v) is 6.23. The van der Waals surface area contributed by atoms with Crippen molar-refractivity contribution in [3.05, 3.63) is 0 Å². The molecule has 5 atom stereocenters. The van der Waals surface area contributed by atoms with Crippen molar-refractivity contribution >= 4 is 0 Å². The molecule has 3 saturated carbocycles. The number of hydrogen-bond acceptors (Lipinski definition) is 2. The van der Waals surface area contributed by atoms with Gasteiger partial charge in [-0.2, -0.15) is 0 Å². The minimum atomic E-state index is 0.505. The van der Waals surface area contributed by atoms with Crippen LogP contribution in [0.25, 0.3) is 0 Å². The lowest BCUT2D eigenvalue weighted by atomic mass is 9.59. The maximum absolute atomic E-state index is 6.51. The van der Waals surface area contributed by atoms with Gasteiger partial charge in [0, 0.05) is 6.04 Å². The standard InChI is InChI=1S/C13H24N2/c14-8-9-2-1-5-13(7-9)11-4-3-10(6-11)12(13)15/h9-12H,1-8,14-15H2/t9-,10-,11+,12-,13-/m0/s1. The molecule has 1 spiro atoms. The molecule has 3 rings (SSSR count). The summed E-state index contributed by atoms with van der Waals surface area (Å²) < 4.78 is 0. The predicted molar refractivity (Wildman–Crippen MR) is 62.3 cm³/mol. The summed E-state index contributed by atoms with van der Waals surface area (Å²) in [6.07, 6.45) is 9.74. The van der Waals surface area contributed by atoms with Crippen LogP contribution in [0.5, 0.6) is 0 Å². The highest BCUT2D eigenvalue weighted by Crippen LogP contribution is 2.61. The Morgan fingerprint density at radius 1 is 1.20 bits per heavy atom. The molecule has 0 aliphatic heterocycles. The van der Waals surface area contributed by atoms with Gasteiger partial charge in [-0.15, -0.1) is 0 Å². The Balaban J connectivity index is 1.83. The van der Waals surface area contributed by atoms with Crippen LogP contribution in [0.2, 0.25) is 0 Å². The number of hydrogen-bond donors (Lipinski definition) is 2. The molecule has 0 aromatic heterocycles. The van der Waals surface area contributed by atoms with Gasteiger partial charge in [-0.25, -0.2) is 0 Å². The molecular formula is C13H24N2. The fourth-order valence-electron chi connectivity index (χ4n) is 4.94. The summed E-state index contributed by atoms with van der Waals surface area (Å²) in [5.74, 6) is 2.57. The first kappa shape index (κ1) is 10.1. The second-order valence-electron chi connectivity index (χ2n) is 6.23. The Labute approximate surface area is 92.8 Å². The monoisotopic (exact) mass is 208 g/mol. The van der Waals surface area contributed by atoms with Crippen molar-refractivity contribution in [2.75, 3.05) is 6.54 Å². The Morgan fingerprint density at radius 3 is 2.73 bits per heavy atom. The van der Waals surface area contributed by atoms with Crippen molar-refractivity contribution in [3.63, 3.8) is 0 Å². The van der Waals surface area contributed by atoms with Crippen molar-refractivity contribution in [3.8, 4) is 0 Å². The molecule has 2 heteroatoms. The third-order valence-electron chi connectivity index (χ3n) is 5.71. The van der Waals surface area contributed by atoms with Crippen LogP contribution in [0.3, 0.4) is 0 Å². The lowest BCUT2D eigenvalue weighted by molar-refractivity contribution is 0.0505. The van der Waals surface area contributed by atoms with Gasteiger partial charge in [-0.3, -0.25) is 0 Å². The third kappa shape index (κ3) is 1.31. The van der Waals surface area contributed by atoms with E-state index in [1.165, 1.54) is 44.9 Å². The van der Waals surface area contributed by atoms with Gasteiger partial charge >= 0.3 is 0 Å². The van der Waals surface area contributed by atoms with E-state index >= 15 is 0 Å². The summed E-state index contributed by atoms with van der Waals surface area (Å²) in [6, 6.07) is 0.505. The summed E-state index contributed by atoms with van der Waals surface area (Å²) in [4.78, 5) is 0. The van der Waals surface area contributed by atoms with E-state index in [1.807, 2.05) is 0 Å². The van der Waals surface area contributed by atoms with E-state index in [0.717, 1.165) is 24.3 Å². The zero-order chi connectivity index (χ0) is 10.5. The van der Waals surface area contributed by atoms with E-state index in [2.05, 4.69) is 0 Å². The average Bonchev–Trinajstić information content (AvgIpc) is 2.84. The Bertz CT molecular complexity index is 249. The Hall–Kier alpha value is -0.0800. The molecule has 0 amide bonds. The molecule has 3 fully saturated rings. The minimum absolute atomic E-state index is 0.505. The maximum Gasteiger partial charge on any atom is 0.0127 e. The molecule has 4 N–H and O–H groups in total. The third-order valence-corrected chi connectivity index (χ3v) is 5.71. The van der Waals surface area contributed by atoms with Crippen LogP contribution in [0.1, 0.15) is 44.9 Å². The Kier molecular flexibility index (Phi) is 2.33. The average molecular weight is 208 g/mol. The minimum Gasteiger partial charge on any atom is -0.330 e. The van der Waals surface area contributed by atoms with Crippen LogP contribution < -0.4 is 11.5 Å². The van der Waals surface area contributed by atoms with Gasteiger partial charge in [0.1, 0.15) is 0 Å². The summed E-state index contributed by atoms with van der Waals surface area (Å²) in [7, 11) is 0. The van der Waals surface area contributed by atoms with Gasteiger partial charge in [0.2, 0.25) is 0 Å². The van der Waals surface area contributed by atoms with Crippen LogP contribution >= 0.6 is 0 Å². The quantitative estimate of drug-likeness (QED) is 0.691. The van der Waals surface area contributed by atoms with Gasteiger partial charge in [-0.05, 0) is 68.2 Å².